The van der Waals surface area contributed by atoms with E-state index in [1.54, 1.807) is 0 Å². The Kier molecular flexibility index (Phi) is 5.22. The Bertz CT molecular complexity index is 656. The fraction of sp³-hybridized carbons (Fsp3) is 0.133. The van der Waals surface area contributed by atoms with Crippen molar-refractivity contribution < 1.29 is 18.0 Å². The van der Waals surface area contributed by atoms with E-state index >= 15 is 0 Å². The summed E-state index contributed by atoms with van der Waals surface area (Å²) < 4.78 is 39.5. The molecule has 21 heavy (non-hydrogen) atoms. The number of nitrogens with one attached hydrogen (secondary N) is 1. The summed E-state index contributed by atoms with van der Waals surface area (Å²) in [6.07, 6.45) is 0.304. The van der Waals surface area contributed by atoms with Crippen LogP contribution in [-0.2, 0) is 6.42 Å². The number of carbonyl (C=O) groups is 1. The zero-order chi connectivity index (χ0) is 15.4. The smallest absolute Gasteiger partial charge is 0.252 e. The molecule has 2 nitrogen and oxygen atoms in total. The van der Waals surface area contributed by atoms with E-state index in [1.165, 1.54) is 30.3 Å². The molecule has 1 N–H and O–H groups in total. The maximum absolute atomic E-state index is 13.0. The summed E-state index contributed by atoms with van der Waals surface area (Å²) in [6, 6.07) is 7.10. The Balaban J connectivity index is 1.95. The molecule has 6 heteroatoms. The van der Waals surface area contributed by atoms with Gasteiger partial charge in [-0.3, -0.25) is 4.79 Å². The standard InChI is InChI=1S/C15H11F3INO/c16-10-1-2-13(14(19)8-10)15(21)20-4-3-9-5-11(17)7-12(18)6-9/h1-2,5-8H,3-4H2,(H,20,21). The average molecular weight is 405 g/mol. The molecule has 0 heterocycles. The van der Waals surface area contributed by atoms with E-state index in [4.69, 9.17) is 0 Å². The minimum atomic E-state index is -0.649. The summed E-state index contributed by atoms with van der Waals surface area (Å²) in [5, 5.41) is 2.64. The average Bonchev–Trinajstić information content (AvgIpc) is 2.37. The summed E-state index contributed by atoms with van der Waals surface area (Å²) in [7, 11) is 0. The van der Waals surface area contributed by atoms with Gasteiger partial charge in [-0.15, -0.1) is 0 Å². The van der Waals surface area contributed by atoms with Gasteiger partial charge in [-0.25, -0.2) is 13.2 Å². The van der Waals surface area contributed by atoms with Crippen molar-refractivity contribution in [3.8, 4) is 0 Å². The molecule has 2 rings (SSSR count). The van der Waals surface area contributed by atoms with Crippen LogP contribution < -0.4 is 5.32 Å². The quantitative estimate of drug-likeness (QED) is 0.773. The first-order chi connectivity index (χ1) is 9.95. The molecule has 110 valence electrons. The molecule has 0 atom stereocenters. The molecule has 0 spiro atoms. The van der Waals surface area contributed by atoms with Gasteiger partial charge in [-0.1, -0.05) is 0 Å². The number of carbonyl (C=O) groups excluding carboxylic acids is 1. The van der Waals surface area contributed by atoms with E-state index in [1.807, 2.05) is 22.6 Å². The Morgan fingerprint density at radius 1 is 1.00 bits per heavy atom. The predicted octanol–water partition coefficient (Wildman–Crippen LogP) is 3.68. The first-order valence-electron chi connectivity index (χ1n) is 6.14. The van der Waals surface area contributed by atoms with Gasteiger partial charge in [-0.05, 0) is 64.9 Å². The van der Waals surface area contributed by atoms with Crippen molar-refractivity contribution in [1.29, 1.82) is 0 Å². The molecule has 0 bridgehead atoms. The Morgan fingerprint density at radius 2 is 1.67 bits per heavy atom. The molecule has 0 unspecified atom stereocenters. The number of halogens is 4. The second-order valence-corrected chi connectivity index (χ2v) is 5.57. The van der Waals surface area contributed by atoms with Gasteiger partial charge in [0.05, 0.1) is 5.56 Å². The third kappa shape index (κ3) is 4.45. The lowest BCUT2D eigenvalue weighted by Crippen LogP contribution is -2.26. The van der Waals surface area contributed by atoms with E-state index in [0.29, 0.717) is 21.1 Å². The maximum atomic E-state index is 13.0. The van der Waals surface area contributed by atoms with Crippen LogP contribution in [0.1, 0.15) is 15.9 Å². The lowest BCUT2D eigenvalue weighted by atomic mass is 10.1. The van der Waals surface area contributed by atoms with Gasteiger partial charge in [0.15, 0.2) is 0 Å². The van der Waals surface area contributed by atoms with Crippen LogP contribution in [0.5, 0.6) is 0 Å². The van der Waals surface area contributed by atoms with Crippen molar-refractivity contribution in [3.63, 3.8) is 0 Å². The highest BCUT2D eigenvalue weighted by molar-refractivity contribution is 14.1. The molecular formula is C15H11F3INO. The summed E-state index contributed by atoms with van der Waals surface area (Å²) in [5.41, 5.74) is 0.823. The van der Waals surface area contributed by atoms with Gasteiger partial charge in [-0.2, -0.15) is 0 Å². The molecule has 0 saturated heterocycles. The first kappa shape index (κ1) is 15.8. The van der Waals surface area contributed by atoms with Crippen molar-refractivity contribution in [2.75, 3.05) is 6.54 Å². The maximum Gasteiger partial charge on any atom is 0.252 e. The third-order valence-electron chi connectivity index (χ3n) is 2.80. The third-order valence-corrected chi connectivity index (χ3v) is 3.69. The number of hydrogen-bond donors (Lipinski definition) is 1. The second kappa shape index (κ2) is 6.93. The predicted molar refractivity (Wildman–Crippen MR) is 81.5 cm³/mol. The zero-order valence-corrected chi connectivity index (χ0v) is 13.0. The molecule has 0 radical (unpaired) electrons. The minimum absolute atomic E-state index is 0.231. The van der Waals surface area contributed by atoms with Crippen molar-refractivity contribution in [1.82, 2.24) is 5.32 Å². The van der Waals surface area contributed by atoms with Gasteiger partial charge in [0.2, 0.25) is 0 Å². The van der Waals surface area contributed by atoms with Crippen molar-refractivity contribution >= 4 is 28.5 Å². The molecule has 0 aliphatic carbocycles. The molecule has 0 saturated carbocycles. The van der Waals surface area contributed by atoms with E-state index < -0.39 is 17.5 Å². The largest absolute Gasteiger partial charge is 0.352 e. The van der Waals surface area contributed by atoms with E-state index in [2.05, 4.69) is 5.32 Å². The van der Waals surface area contributed by atoms with Gasteiger partial charge < -0.3 is 5.32 Å². The number of benzene rings is 2. The van der Waals surface area contributed by atoms with Crippen LogP contribution in [0.2, 0.25) is 0 Å². The fourth-order valence-corrected chi connectivity index (χ4v) is 2.57. The fourth-order valence-electron chi connectivity index (χ4n) is 1.84. The normalized spacial score (nSPS) is 10.5. The van der Waals surface area contributed by atoms with Crippen molar-refractivity contribution in [3.05, 3.63) is 68.5 Å². The SMILES string of the molecule is O=C(NCCc1cc(F)cc(F)c1)c1ccc(F)cc1I. The highest BCUT2D eigenvalue weighted by atomic mass is 127. The van der Waals surface area contributed by atoms with E-state index in [9.17, 15) is 18.0 Å². The van der Waals surface area contributed by atoms with Crippen LogP contribution in [0, 0.1) is 21.0 Å². The number of amides is 1. The Morgan fingerprint density at radius 3 is 2.29 bits per heavy atom. The molecular weight excluding hydrogens is 394 g/mol. The lowest BCUT2D eigenvalue weighted by Gasteiger charge is -2.07. The molecule has 0 aliphatic heterocycles. The Labute approximate surface area is 133 Å². The highest BCUT2D eigenvalue weighted by Gasteiger charge is 2.10. The van der Waals surface area contributed by atoms with Crippen LogP contribution in [0.4, 0.5) is 13.2 Å². The van der Waals surface area contributed by atoms with E-state index in [-0.39, 0.29) is 12.5 Å². The van der Waals surface area contributed by atoms with E-state index in [0.717, 1.165) is 6.07 Å². The molecule has 0 aromatic heterocycles. The molecule has 2 aromatic carbocycles. The minimum Gasteiger partial charge on any atom is -0.352 e. The Hall–Kier alpha value is -1.57. The van der Waals surface area contributed by atoms with Crippen LogP contribution in [0.25, 0.3) is 0 Å². The van der Waals surface area contributed by atoms with Gasteiger partial charge in [0.1, 0.15) is 17.5 Å². The van der Waals surface area contributed by atoms with Crippen molar-refractivity contribution in [2.45, 2.75) is 6.42 Å². The van der Waals surface area contributed by atoms with Gasteiger partial charge in [0, 0.05) is 16.2 Å². The molecule has 2 aromatic rings. The summed E-state index contributed by atoms with van der Waals surface area (Å²) >= 11 is 1.87. The first-order valence-corrected chi connectivity index (χ1v) is 7.22. The van der Waals surface area contributed by atoms with Crippen molar-refractivity contribution in [2.24, 2.45) is 0 Å². The van der Waals surface area contributed by atoms with Crippen LogP contribution in [-0.4, -0.2) is 12.5 Å². The van der Waals surface area contributed by atoms with Crippen LogP contribution in [0.3, 0.4) is 0 Å². The second-order valence-electron chi connectivity index (χ2n) is 4.41. The summed E-state index contributed by atoms with van der Waals surface area (Å²) in [5.74, 6) is -2.06. The molecule has 0 aliphatic rings. The molecule has 0 fully saturated rings. The summed E-state index contributed by atoms with van der Waals surface area (Å²) in [4.78, 5) is 11.9. The zero-order valence-electron chi connectivity index (χ0n) is 10.8. The van der Waals surface area contributed by atoms with Gasteiger partial charge >= 0.3 is 0 Å². The lowest BCUT2D eigenvalue weighted by molar-refractivity contribution is 0.0953. The van der Waals surface area contributed by atoms with Crippen LogP contribution >= 0.6 is 22.6 Å². The van der Waals surface area contributed by atoms with Crippen LogP contribution in [0.15, 0.2) is 36.4 Å². The monoisotopic (exact) mass is 405 g/mol. The van der Waals surface area contributed by atoms with Gasteiger partial charge in [0.25, 0.3) is 5.91 Å². The highest BCUT2D eigenvalue weighted by Crippen LogP contribution is 2.14. The molecule has 1 amide bonds. The topological polar surface area (TPSA) is 29.1 Å². The number of hydrogen-bond acceptors (Lipinski definition) is 1. The summed E-state index contributed by atoms with van der Waals surface area (Å²) in [6.45, 7) is 0.231. The number of rotatable bonds is 4.